The summed E-state index contributed by atoms with van der Waals surface area (Å²) >= 11 is 1.74. The number of allylic oxidation sites excluding steroid dienone is 4. The predicted molar refractivity (Wildman–Crippen MR) is 51.5 cm³/mol. The van der Waals surface area contributed by atoms with E-state index in [4.69, 9.17) is 0 Å². The van der Waals surface area contributed by atoms with Gasteiger partial charge < -0.3 is 0 Å². The fourth-order valence-electron chi connectivity index (χ4n) is 1.03. The zero-order valence-corrected chi connectivity index (χ0v) is 6.84. The lowest BCUT2D eigenvalue weighted by molar-refractivity contribution is 1.76. The van der Waals surface area contributed by atoms with Crippen LogP contribution in [0.4, 0.5) is 0 Å². The van der Waals surface area contributed by atoms with Gasteiger partial charge in [0, 0.05) is 0 Å². The molecular weight excluding hydrogens is 152 g/mol. The lowest BCUT2D eigenvalue weighted by Gasteiger charge is -1.91. The first-order chi connectivity index (χ1) is 5.47. The highest BCUT2D eigenvalue weighted by atomic mass is 32.1. The molecule has 0 atom stereocenters. The number of hydrogen-bond donors (Lipinski definition) is 0. The first-order valence-corrected chi connectivity index (χ1v) is 4.49. The molecule has 1 aliphatic carbocycles. The maximum Gasteiger partial charge on any atom is -0.00145 e. The van der Waals surface area contributed by atoms with E-state index in [1.807, 2.05) is 12.2 Å². The second-order valence-electron chi connectivity index (χ2n) is 2.39. The van der Waals surface area contributed by atoms with Gasteiger partial charge in [0.15, 0.2) is 0 Å². The van der Waals surface area contributed by atoms with Crippen molar-refractivity contribution in [1.29, 1.82) is 0 Å². The van der Waals surface area contributed by atoms with Crippen LogP contribution < -0.4 is 0 Å². The average Bonchev–Trinajstić information content (AvgIpc) is 2.35. The highest BCUT2D eigenvalue weighted by Gasteiger charge is 1.95. The molecule has 0 spiro atoms. The summed E-state index contributed by atoms with van der Waals surface area (Å²) in [7, 11) is 0. The van der Waals surface area contributed by atoms with Gasteiger partial charge in [-0.25, -0.2) is 0 Å². The molecule has 1 aliphatic rings. The average molecular weight is 160 g/mol. The quantitative estimate of drug-likeness (QED) is 0.546. The molecule has 0 radical (unpaired) electrons. The molecule has 1 heteroatoms. The van der Waals surface area contributed by atoms with Crippen LogP contribution in [-0.4, -0.2) is 0 Å². The van der Waals surface area contributed by atoms with Crippen LogP contribution in [0.5, 0.6) is 0 Å². The SMILES string of the molecule is C1=CC=Cc2cscc2C=C1. The smallest absolute Gasteiger partial charge is 0.00145 e. The minimum absolute atomic E-state index is 1.32. The van der Waals surface area contributed by atoms with Gasteiger partial charge in [-0.3, -0.25) is 0 Å². The summed E-state index contributed by atoms with van der Waals surface area (Å²) in [6.45, 7) is 0. The molecule has 0 N–H and O–H groups in total. The number of thiophene rings is 1. The van der Waals surface area contributed by atoms with Gasteiger partial charge in [-0.1, -0.05) is 36.5 Å². The van der Waals surface area contributed by atoms with Crippen molar-refractivity contribution in [2.75, 3.05) is 0 Å². The van der Waals surface area contributed by atoms with E-state index < -0.39 is 0 Å². The lowest BCUT2D eigenvalue weighted by atomic mass is 10.1. The molecule has 0 unspecified atom stereocenters. The molecule has 0 saturated heterocycles. The normalized spacial score (nSPS) is 14.2. The molecule has 54 valence electrons. The van der Waals surface area contributed by atoms with Crippen molar-refractivity contribution in [3.8, 4) is 0 Å². The van der Waals surface area contributed by atoms with Crippen LogP contribution in [0.25, 0.3) is 12.2 Å². The van der Waals surface area contributed by atoms with Crippen LogP contribution in [-0.2, 0) is 0 Å². The van der Waals surface area contributed by atoms with Gasteiger partial charge in [-0.2, -0.15) is 11.3 Å². The summed E-state index contributed by atoms with van der Waals surface area (Å²) in [5, 5.41) is 4.32. The summed E-state index contributed by atoms with van der Waals surface area (Å²) in [5.74, 6) is 0. The van der Waals surface area contributed by atoms with E-state index in [1.165, 1.54) is 11.1 Å². The molecule has 0 bridgehead atoms. The van der Waals surface area contributed by atoms with Gasteiger partial charge in [0.25, 0.3) is 0 Å². The summed E-state index contributed by atoms with van der Waals surface area (Å²) in [4.78, 5) is 0. The Balaban J connectivity index is 2.52. The molecule has 0 saturated carbocycles. The Bertz CT molecular complexity index is 296. The second-order valence-corrected chi connectivity index (χ2v) is 3.13. The van der Waals surface area contributed by atoms with Gasteiger partial charge in [-0.15, -0.1) is 0 Å². The summed E-state index contributed by atoms with van der Waals surface area (Å²) in [6.07, 6.45) is 12.5. The third kappa shape index (κ3) is 1.33. The van der Waals surface area contributed by atoms with E-state index in [0.29, 0.717) is 0 Å². The number of hydrogen-bond acceptors (Lipinski definition) is 1. The molecule has 1 aromatic heterocycles. The summed E-state index contributed by atoms with van der Waals surface area (Å²) in [6, 6.07) is 0. The Kier molecular flexibility index (Phi) is 1.74. The van der Waals surface area contributed by atoms with Crippen LogP contribution in [0.15, 0.2) is 35.1 Å². The van der Waals surface area contributed by atoms with E-state index in [-0.39, 0.29) is 0 Å². The Labute approximate surface area is 70.2 Å². The van der Waals surface area contributed by atoms with E-state index in [1.54, 1.807) is 11.3 Å². The fourth-order valence-corrected chi connectivity index (χ4v) is 1.83. The van der Waals surface area contributed by atoms with Crippen molar-refractivity contribution >= 4 is 23.5 Å². The van der Waals surface area contributed by atoms with Crippen LogP contribution >= 0.6 is 11.3 Å². The van der Waals surface area contributed by atoms with Crippen molar-refractivity contribution in [3.63, 3.8) is 0 Å². The van der Waals surface area contributed by atoms with Crippen LogP contribution in [0.1, 0.15) is 11.1 Å². The van der Waals surface area contributed by atoms with Gasteiger partial charge in [-0.05, 0) is 21.9 Å². The molecule has 0 fully saturated rings. The van der Waals surface area contributed by atoms with Crippen molar-refractivity contribution in [2.45, 2.75) is 0 Å². The van der Waals surface area contributed by atoms with Crippen molar-refractivity contribution < 1.29 is 0 Å². The molecule has 11 heavy (non-hydrogen) atoms. The predicted octanol–water partition coefficient (Wildman–Crippen LogP) is 3.34. The molecule has 0 aliphatic heterocycles. The molecule has 1 heterocycles. The largest absolute Gasteiger partial charge is 0.151 e. The zero-order chi connectivity index (χ0) is 7.52. The minimum Gasteiger partial charge on any atom is -0.151 e. The van der Waals surface area contributed by atoms with Gasteiger partial charge in [0.05, 0.1) is 0 Å². The Hall–Kier alpha value is -1.08. The molecule has 0 amide bonds. The minimum atomic E-state index is 1.32. The van der Waals surface area contributed by atoms with Gasteiger partial charge >= 0.3 is 0 Å². The lowest BCUT2D eigenvalue weighted by Crippen LogP contribution is -1.71. The van der Waals surface area contributed by atoms with Crippen molar-refractivity contribution in [2.24, 2.45) is 0 Å². The maximum absolute atomic E-state index is 2.16. The monoisotopic (exact) mass is 160 g/mol. The molecule has 0 nitrogen and oxygen atoms in total. The van der Waals surface area contributed by atoms with E-state index >= 15 is 0 Å². The third-order valence-electron chi connectivity index (χ3n) is 1.61. The fraction of sp³-hybridized carbons (Fsp3) is 0. The summed E-state index contributed by atoms with van der Waals surface area (Å²) < 4.78 is 0. The standard InChI is InChI=1S/C10H8S/c1-2-4-6-10-8-11-7-9(10)5-3-1/h1-8H. The molecular formula is C10H8S. The Morgan fingerprint density at radius 1 is 0.727 bits per heavy atom. The molecule has 0 aromatic carbocycles. The van der Waals surface area contributed by atoms with Crippen molar-refractivity contribution in [3.05, 3.63) is 46.2 Å². The van der Waals surface area contributed by atoms with Crippen LogP contribution in [0.3, 0.4) is 0 Å². The van der Waals surface area contributed by atoms with Gasteiger partial charge in [0.1, 0.15) is 0 Å². The van der Waals surface area contributed by atoms with E-state index in [2.05, 4.69) is 35.1 Å². The summed E-state index contributed by atoms with van der Waals surface area (Å²) in [5.41, 5.74) is 2.63. The second kappa shape index (κ2) is 2.89. The first-order valence-electron chi connectivity index (χ1n) is 3.54. The highest BCUT2D eigenvalue weighted by molar-refractivity contribution is 7.08. The first kappa shape index (κ1) is 6.62. The van der Waals surface area contributed by atoms with Crippen molar-refractivity contribution in [1.82, 2.24) is 0 Å². The topological polar surface area (TPSA) is 0 Å². The Morgan fingerprint density at radius 3 is 1.82 bits per heavy atom. The van der Waals surface area contributed by atoms with Crippen LogP contribution in [0.2, 0.25) is 0 Å². The number of rotatable bonds is 0. The van der Waals surface area contributed by atoms with Gasteiger partial charge in [0.2, 0.25) is 0 Å². The van der Waals surface area contributed by atoms with Crippen LogP contribution in [0, 0.1) is 0 Å². The number of fused-ring (bicyclic) bond motifs is 1. The third-order valence-corrected chi connectivity index (χ3v) is 2.39. The zero-order valence-electron chi connectivity index (χ0n) is 6.03. The Morgan fingerprint density at radius 2 is 1.27 bits per heavy atom. The maximum atomic E-state index is 2.16. The molecule has 1 aromatic rings. The highest BCUT2D eigenvalue weighted by Crippen LogP contribution is 2.19. The van der Waals surface area contributed by atoms with E-state index in [9.17, 15) is 0 Å². The van der Waals surface area contributed by atoms with E-state index in [0.717, 1.165) is 0 Å². The molecule has 2 rings (SSSR count).